The van der Waals surface area contributed by atoms with Crippen molar-refractivity contribution in [2.45, 2.75) is 13.0 Å². The van der Waals surface area contributed by atoms with Crippen molar-refractivity contribution in [1.82, 2.24) is 0 Å². The summed E-state index contributed by atoms with van der Waals surface area (Å²) in [5.41, 5.74) is 0. The Hall–Kier alpha value is -0.570. The maximum atomic E-state index is 10.6. The summed E-state index contributed by atoms with van der Waals surface area (Å²) in [7, 11) is 1.45. The molecule has 3 nitrogen and oxygen atoms in total. The van der Waals surface area contributed by atoms with E-state index in [0.717, 1.165) is 0 Å². The zero-order chi connectivity index (χ0) is 7.28. The van der Waals surface area contributed by atoms with Crippen molar-refractivity contribution >= 4 is 5.97 Å². The molecule has 0 N–H and O–H groups in total. The van der Waals surface area contributed by atoms with Crippen molar-refractivity contribution in [3.8, 4) is 0 Å². The summed E-state index contributed by atoms with van der Waals surface area (Å²) in [6, 6.07) is 0. The van der Waals surface area contributed by atoms with Crippen LogP contribution in [0.1, 0.15) is 6.92 Å². The van der Waals surface area contributed by atoms with Gasteiger partial charge in [0.05, 0.1) is 6.61 Å². The summed E-state index contributed by atoms with van der Waals surface area (Å²) in [4.78, 5) is 10.6. The maximum Gasteiger partial charge on any atom is 0.334 e. The molecule has 1 radical (unpaired) electrons. The molecular weight excluding hydrogens is 120 g/mol. The van der Waals surface area contributed by atoms with Gasteiger partial charge in [-0.05, 0) is 13.8 Å². The molecule has 0 aliphatic heterocycles. The molecule has 0 saturated heterocycles. The van der Waals surface area contributed by atoms with Crippen LogP contribution in [0, 0.1) is 6.92 Å². The molecule has 53 valence electrons. The van der Waals surface area contributed by atoms with Crippen LogP contribution in [-0.4, -0.2) is 25.8 Å². The molecule has 0 aromatic heterocycles. The zero-order valence-electron chi connectivity index (χ0n) is 5.72. The first-order valence-corrected chi connectivity index (χ1v) is 2.71. The lowest BCUT2D eigenvalue weighted by molar-refractivity contribution is -0.152. The molecule has 3 heteroatoms. The number of carbonyl (C=O) groups is 1. The molecule has 9 heavy (non-hydrogen) atoms. The lowest BCUT2D eigenvalue weighted by Crippen LogP contribution is -2.21. The van der Waals surface area contributed by atoms with E-state index >= 15 is 0 Å². The number of ether oxygens (including phenoxy) is 2. The molecular formula is C6H11O3. The number of rotatable bonds is 3. The van der Waals surface area contributed by atoms with Crippen molar-refractivity contribution in [1.29, 1.82) is 0 Å². The van der Waals surface area contributed by atoms with Gasteiger partial charge in [0.2, 0.25) is 0 Å². The smallest absolute Gasteiger partial charge is 0.334 e. The van der Waals surface area contributed by atoms with Gasteiger partial charge in [0.15, 0.2) is 6.10 Å². The molecule has 0 aliphatic rings. The van der Waals surface area contributed by atoms with E-state index in [-0.39, 0.29) is 12.6 Å². The summed E-state index contributed by atoms with van der Waals surface area (Å²) in [5, 5.41) is 0. The topological polar surface area (TPSA) is 35.5 Å². The molecule has 0 aromatic rings. The Labute approximate surface area is 55.0 Å². The van der Waals surface area contributed by atoms with Crippen molar-refractivity contribution < 1.29 is 14.3 Å². The lowest BCUT2D eigenvalue weighted by Gasteiger charge is -2.06. The standard InChI is InChI=1S/C6H11O3/c1-4-9-6(7)5(2)8-3/h5H,1,4H2,2-3H3. The van der Waals surface area contributed by atoms with Gasteiger partial charge in [0, 0.05) is 7.11 Å². The normalized spacial score (nSPS) is 12.8. The molecule has 0 bridgehead atoms. The van der Waals surface area contributed by atoms with E-state index in [1.165, 1.54) is 7.11 Å². The second kappa shape index (κ2) is 4.32. The molecule has 0 aromatic carbocycles. The van der Waals surface area contributed by atoms with E-state index in [1.54, 1.807) is 6.92 Å². The third kappa shape index (κ3) is 3.08. The molecule has 0 amide bonds. The van der Waals surface area contributed by atoms with Gasteiger partial charge in [0.1, 0.15) is 0 Å². The first kappa shape index (κ1) is 8.43. The SMILES string of the molecule is [CH2]COC(=O)C(C)OC. The van der Waals surface area contributed by atoms with Crippen molar-refractivity contribution in [3.05, 3.63) is 6.92 Å². The number of carbonyl (C=O) groups excluding carboxylic acids is 1. The van der Waals surface area contributed by atoms with Crippen LogP contribution in [0.5, 0.6) is 0 Å². The Morgan fingerprint density at radius 3 is 2.67 bits per heavy atom. The summed E-state index contributed by atoms with van der Waals surface area (Å²) in [5.74, 6) is -0.368. The first-order chi connectivity index (χ1) is 4.22. The van der Waals surface area contributed by atoms with Crippen LogP contribution in [0.3, 0.4) is 0 Å². The van der Waals surface area contributed by atoms with Crippen LogP contribution in [0.4, 0.5) is 0 Å². The maximum absolute atomic E-state index is 10.6. The zero-order valence-corrected chi connectivity index (χ0v) is 5.72. The van der Waals surface area contributed by atoms with Gasteiger partial charge >= 0.3 is 5.97 Å². The summed E-state index contributed by atoms with van der Waals surface area (Å²) in [6.07, 6.45) is -0.480. The highest BCUT2D eigenvalue weighted by atomic mass is 16.6. The predicted octanol–water partition coefficient (Wildman–Crippen LogP) is 0.399. The average Bonchev–Trinajstić information content (AvgIpc) is 1.87. The van der Waals surface area contributed by atoms with Crippen LogP contribution in [0.2, 0.25) is 0 Å². The summed E-state index contributed by atoms with van der Waals surface area (Å²) >= 11 is 0. The van der Waals surface area contributed by atoms with Gasteiger partial charge in [-0.3, -0.25) is 0 Å². The van der Waals surface area contributed by atoms with Gasteiger partial charge in [-0.25, -0.2) is 4.79 Å². The second-order valence-corrected chi connectivity index (χ2v) is 1.55. The Balaban J connectivity index is 3.46. The van der Waals surface area contributed by atoms with E-state index in [2.05, 4.69) is 16.4 Å². The second-order valence-electron chi connectivity index (χ2n) is 1.55. The molecule has 0 fully saturated rings. The monoisotopic (exact) mass is 131 g/mol. The van der Waals surface area contributed by atoms with Crippen LogP contribution in [0.15, 0.2) is 0 Å². The van der Waals surface area contributed by atoms with Gasteiger partial charge in [-0.2, -0.15) is 0 Å². The third-order valence-corrected chi connectivity index (χ3v) is 0.930. The molecule has 1 atom stereocenters. The average molecular weight is 131 g/mol. The Morgan fingerprint density at radius 2 is 2.33 bits per heavy atom. The van der Waals surface area contributed by atoms with E-state index in [1.807, 2.05) is 0 Å². The van der Waals surface area contributed by atoms with Crippen LogP contribution in [0.25, 0.3) is 0 Å². The number of hydrogen-bond acceptors (Lipinski definition) is 3. The Bertz CT molecular complexity index is 90.3. The number of esters is 1. The lowest BCUT2D eigenvalue weighted by atomic mass is 10.4. The highest BCUT2D eigenvalue weighted by Gasteiger charge is 2.10. The Morgan fingerprint density at radius 1 is 1.78 bits per heavy atom. The Kier molecular flexibility index (Phi) is 4.05. The van der Waals surface area contributed by atoms with Crippen molar-refractivity contribution in [2.75, 3.05) is 13.7 Å². The van der Waals surface area contributed by atoms with E-state index in [9.17, 15) is 4.79 Å². The van der Waals surface area contributed by atoms with E-state index in [4.69, 9.17) is 0 Å². The number of methoxy groups -OCH3 is 1. The van der Waals surface area contributed by atoms with E-state index in [0.29, 0.717) is 0 Å². The fourth-order valence-corrected chi connectivity index (χ4v) is 0.314. The van der Waals surface area contributed by atoms with Crippen LogP contribution >= 0.6 is 0 Å². The molecule has 0 spiro atoms. The molecule has 1 unspecified atom stereocenters. The highest BCUT2D eigenvalue weighted by molar-refractivity contribution is 5.74. The molecule has 0 rings (SSSR count). The van der Waals surface area contributed by atoms with Gasteiger partial charge in [-0.15, -0.1) is 0 Å². The molecule has 0 heterocycles. The fourth-order valence-electron chi connectivity index (χ4n) is 0.314. The summed E-state index contributed by atoms with van der Waals surface area (Å²) < 4.78 is 9.18. The number of hydrogen-bond donors (Lipinski definition) is 0. The van der Waals surface area contributed by atoms with E-state index < -0.39 is 6.10 Å². The van der Waals surface area contributed by atoms with Gasteiger partial charge in [0.25, 0.3) is 0 Å². The van der Waals surface area contributed by atoms with Crippen molar-refractivity contribution in [3.63, 3.8) is 0 Å². The quantitative estimate of drug-likeness (QED) is 0.520. The van der Waals surface area contributed by atoms with Crippen LogP contribution < -0.4 is 0 Å². The first-order valence-electron chi connectivity index (χ1n) is 2.71. The van der Waals surface area contributed by atoms with Gasteiger partial charge < -0.3 is 9.47 Å². The minimum atomic E-state index is -0.480. The fraction of sp³-hybridized carbons (Fsp3) is 0.667. The summed E-state index contributed by atoms with van der Waals surface area (Å²) in [6.45, 7) is 5.13. The van der Waals surface area contributed by atoms with Crippen LogP contribution in [-0.2, 0) is 14.3 Å². The molecule has 0 aliphatic carbocycles. The minimum absolute atomic E-state index is 0.159. The van der Waals surface area contributed by atoms with Crippen molar-refractivity contribution in [2.24, 2.45) is 0 Å². The third-order valence-electron chi connectivity index (χ3n) is 0.930. The minimum Gasteiger partial charge on any atom is -0.464 e. The molecule has 0 saturated carbocycles. The highest BCUT2D eigenvalue weighted by Crippen LogP contribution is 1.90. The van der Waals surface area contributed by atoms with Gasteiger partial charge in [-0.1, -0.05) is 0 Å². The predicted molar refractivity (Wildman–Crippen MR) is 32.8 cm³/mol. The largest absolute Gasteiger partial charge is 0.464 e.